The van der Waals surface area contributed by atoms with Gasteiger partial charge in [0, 0.05) is 15.2 Å². The van der Waals surface area contributed by atoms with Crippen molar-refractivity contribution >= 4 is 50.5 Å². The van der Waals surface area contributed by atoms with Crippen LogP contribution in [-0.2, 0) is 0 Å². The highest BCUT2D eigenvalue weighted by atomic mass is 127. The molecule has 2 heterocycles. The number of aromatic nitrogens is 3. The van der Waals surface area contributed by atoms with E-state index < -0.39 is 0 Å². The molecule has 0 amide bonds. The number of hydrogen-bond donors (Lipinski definition) is 1. The lowest BCUT2D eigenvalue weighted by Gasteiger charge is -2.09. The maximum absolute atomic E-state index is 6.16. The summed E-state index contributed by atoms with van der Waals surface area (Å²) in [4.78, 5) is 8.87. The number of nitrogens with two attached hydrogens (primary N) is 1. The first-order valence-corrected chi connectivity index (χ1v) is 7.59. The fourth-order valence-electron chi connectivity index (χ4n) is 2.61. The smallest absolute Gasteiger partial charge is 0.205 e. The molecule has 0 atom stereocenters. The summed E-state index contributed by atoms with van der Waals surface area (Å²) in [6, 6.07) is 16.2. The number of fused-ring (bicyclic) bond motifs is 2. The summed E-state index contributed by atoms with van der Waals surface area (Å²) in [5.74, 6) is 0.489. The van der Waals surface area contributed by atoms with E-state index >= 15 is 0 Å². The second-order valence-corrected chi connectivity index (χ2v) is 6.03. The van der Waals surface area contributed by atoms with Gasteiger partial charge in [0.1, 0.15) is 0 Å². The predicted octanol–water partition coefficient (Wildman–Crippen LogP) is 3.76. The van der Waals surface area contributed by atoms with Gasteiger partial charge in [-0.2, -0.15) is 0 Å². The molecular weight excluding hydrogens is 375 g/mol. The molecule has 4 nitrogen and oxygen atoms in total. The van der Waals surface area contributed by atoms with E-state index in [-0.39, 0.29) is 0 Å². The van der Waals surface area contributed by atoms with Crippen LogP contribution in [0.3, 0.4) is 0 Å². The molecule has 0 fully saturated rings. The number of hydrogen-bond acceptors (Lipinski definition) is 3. The molecule has 4 rings (SSSR count). The van der Waals surface area contributed by atoms with E-state index in [0.29, 0.717) is 5.95 Å². The van der Waals surface area contributed by atoms with Gasteiger partial charge in [-0.25, -0.2) is 4.98 Å². The third kappa shape index (κ3) is 1.96. The van der Waals surface area contributed by atoms with Gasteiger partial charge in [-0.15, -0.1) is 0 Å². The maximum atomic E-state index is 6.16. The van der Waals surface area contributed by atoms with Gasteiger partial charge in [-0.05, 0) is 65.1 Å². The Bertz CT molecular complexity index is 969. The van der Waals surface area contributed by atoms with Crippen molar-refractivity contribution in [3.63, 3.8) is 0 Å². The van der Waals surface area contributed by atoms with Crippen LogP contribution in [0.15, 0.2) is 54.7 Å². The quantitative estimate of drug-likeness (QED) is 0.507. The summed E-state index contributed by atoms with van der Waals surface area (Å²) < 4.78 is 3.12. The van der Waals surface area contributed by atoms with Gasteiger partial charge in [-0.3, -0.25) is 9.55 Å². The van der Waals surface area contributed by atoms with E-state index in [4.69, 9.17) is 5.73 Å². The Labute approximate surface area is 134 Å². The predicted molar refractivity (Wildman–Crippen MR) is 93.5 cm³/mol. The lowest BCUT2D eigenvalue weighted by Crippen LogP contribution is -2.01. The minimum absolute atomic E-state index is 0.489. The molecule has 0 bridgehead atoms. The fraction of sp³-hybridized carbons (Fsp3) is 0. The Morgan fingerprint density at radius 3 is 2.81 bits per heavy atom. The zero-order valence-electron chi connectivity index (χ0n) is 11.0. The number of halogens is 1. The third-order valence-electron chi connectivity index (χ3n) is 3.51. The number of benzene rings is 2. The third-order valence-corrected chi connectivity index (χ3v) is 4.18. The van der Waals surface area contributed by atoms with Crippen molar-refractivity contribution < 1.29 is 0 Å². The summed E-state index contributed by atoms with van der Waals surface area (Å²) in [7, 11) is 0. The molecule has 0 unspecified atom stereocenters. The number of rotatable bonds is 1. The summed E-state index contributed by atoms with van der Waals surface area (Å²) in [5, 5.41) is 1.06. The number of imidazole rings is 1. The Hall–Kier alpha value is -2.15. The minimum atomic E-state index is 0.489. The number of pyridine rings is 1. The standard InChI is InChI=1S/C16H11IN4/c17-10-6-7-15-13(9-10)20-16(18)21(15)14-5-1-4-12-11(14)3-2-8-19-12/h1-9H,(H2,18,20). The molecule has 2 aromatic carbocycles. The zero-order chi connectivity index (χ0) is 14.4. The van der Waals surface area contributed by atoms with Gasteiger partial charge in [0.15, 0.2) is 0 Å². The molecule has 21 heavy (non-hydrogen) atoms. The molecule has 0 spiro atoms. The number of nitrogens with zero attached hydrogens (tertiary/aromatic N) is 3. The van der Waals surface area contributed by atoms with E-state index in [0.717, 1.165) is 31.2 Å². The highest BCUT2D eigenvalue weighted by Gasteiger charge is 2.12. The molecule has 0 saturated carbocycles. The molecule has 0 radical (unpaired) electrons. The van der Waals surface area contributed by atoms with Gasteiger partial charge in [0.25, 0.3) is 0 Å². The minimum Gasteiger partial charge on any atom is -0.369 e. The van der Waals surface area contributed by atoms with Crippen LogP contribution in [0, 0.1) is 3.57 Å². The number of anilines is 1. The fourth-order valence-corrected chi connectivity index (χ4v) is 3.08. The van der Waals surface area contributed by atoms with Crippen molar-refractivity contribution in [3.8, 4) is 5.69 Å². The van der Waals surface area contributed by atoms with Crippen LogP contribution in [0.1, 0.15) is 0 Å². The first-order valence-electron chi connectivity index (χ1n) is 6.51. The molecule has 0 aliphatic heterocycles. The zero-order valence-corrected chi connectivity index (χ0v) is 13.2. The molecule has 102 valence electrons. The van der Waals surface area contributed by atoms with Crippen LogP contribution >= 0.6 is 22.6 Å². The average Bonchev–Trinajstić information content (AvgIpc) is 2.81. The second-order valence-electron chi connectivity index (χ2n) is 4.79. The van der Waals surface area contributed by atoms with Crippen LogP contribution < -0.4 is 5.73 Å². The van der Waals surface area contributed by atoms with Crippen LogP contribution in [0.25, 0.3) is 27.6 Å². The Kier molecular flexibility index (Phi) is 2.81. The Balaban J connectivity index is 2.11. The lowest BCUT2D eigenvalue weighted by molar-refractivity contribution is 1.12. The second kappa shape index (κ2) is 4.70. The van der Waals surface area contributed by atoms with Crippen LogP contribution in [-0.4, -0.2) is 14.5 Å². The van der Waals surface area contributed by atoms with E-state index in [1.165, 1.54) is 0 Å². The SMILES string of the molecule is Nc1nc2cc(I)ccc2n1-c1cccc2ncccc12. The highest BCUT2D eigenvalue weighted by molar-refractivity contribution is 14.1. The van der Waals surface area contributed by atoms with Crippen LogP contribution in [0.4, 0.5) is 5.95 Å². The van der Waals surface area contributed by atoms with Crippen molar-refractivity contribution in [1.29, 1.82) is 0 Å². The first kappa shape index (κ1) is 12.6. The lowest BCUT2D eigenvalue weighted by atomic mass is 10.1. The Morgan fingerprint density at radius 1 is 1.00 bits per heavy atom. The molecule has 0 aliphatic rings. The highest BCUT2D eigenvalue weighted by Crippen LogP contribution is 2.28. The topological polar surface area (TPSA) is 56.7 Å². The molecular formula is C16H11IN4. The maximum Gasteiger partial charge on any atom is 0.205 e. The summed E-state index contributed by atoms with van der Waals surface area (Å²) in [6.45, 7) is 0. The van der Waals surface area contributed by atoms with E-state index in [2.05, 4.69) is 50.8 Å². The van der Waals surface area contributed by atoms with Crippen LogP contribution in [0.5, 0.6) is 0 Å². The van der Waals surface area contributed by atoms with Gasteiger partial charge in [0.2, 0.25) is 5.95 Å². The summed E-state index contributed by atoms with van der Waals surface area (Å²) in [5.41, 5.74) is 10.0. The van der Waals surface area contributed by atoms with Gasteiger partial charge >= 0.3 is 0 Å². The molecule has 0 aliphatic carbocycles. The molecule has 0 saturated heterocycles. The van der Waals surface area contributed by atoms with E-state index in [1.807, 2.05) is 34.9 Å². The van der Waals surface area contributed by atoms with Crippen molar-refractivity contribution in [3.05, 3.63) is 58.3 Å². The molecule has 2 N–H and O–H groups in total. The normalized spacial score (nSPS) is 11.3. The van der Waals surface area contributed by atoms with Crippen LogP contribution in [0.2, 0.25) is 0 Å². The average molecular weight is 386 g/mol. The van der Waals surface area contributed by atoms with Crippen molar-refractivity contribution in [1.82, 2.24) is 14.5 Å². The Morgan fingerprint density at radius 2 is 1.90 bits per heavy atom. The van der Waals surface area contributed by atoms with E-state index in [9.17, 15) is 0 Å². The first-order chi connectivity index (χ1) is 10.2. The van der Waals surface area contributed by atoms with Crippen molar-refractivity contribution in [2.24, 2.45) is 0 Å². The van der Waals surface area contributed by atoms with Gasteiger partial charge < -0.3 is 5.73 Å². The van der Waals surface area contributed by atoms with Gasteiger partial charge in [0.05, 0.1) is 22.2 Å². The van der Waals surface area contributed by atoms with E-state index in [1.54, 1.807) is 6.20 Å². The monoisotopic (exact) mass is 386 g/mol. The number of nitrogen functional groups attached to an aromatic ring is 1. The summed E-state index contributed by atoms with van der Waals surface area (Å²) >= 11 is 2.28. The van der Waals surface area contributed by atoms with Gasteiger partial charge in [-0.1, -0.05) is 6.07 Å². The molecule has 4 aromatic rings. The van der Waals surface area contributed by atoms with Crippen molar-refractivity contribution in [2.45, 2.75) is 0 Å². The molecule has 5 heteroatoms. The molecule has 2 aromatic heterocycles. The van der Waals surface area contributed by atoms with Crippen molar-refractivity contribution in [2.75, 3.05) is 5.73 Å². The summed E-state index contributed by atoms with van der Waals surface area (Å²) in [6.07, 6.45) is 1.80. The largest absolute Gasteiger partial charge is 0.369 e.